The summed E-state index contributed by atoms with van der Waals surface area (Å²) in [6.07, 6.45) is 8.18. The molecule has 1 aliphatic rings. The molecule has 1 aliphatic carbocycles. The molecule has 0 radical (unpaired) electrons. The van der Waals surface area contributed by atoms with Gasteiger partial charge in [0.15, 0.2) is 0 Å². The molecule has 0 saturated heterocycles. The van der Waals surface area contributed by atoms with Crippen molar-refractivity contribution in [3.05, 3.63) is 60.2 Å². The second kappa shape index (κ2) is 6.24. The average Bonchev–Trinajstić information content (AvgIpc) is 2.67. The lowest BCUT2D eigenvalue weighted by molar-refractivity contribution is 0.160. The van der Waals surface area contributed by atoms with E-state index in [2.05, 4.69) is 68.4 Å². The highest BCUT2D eigenvalue weighted by atomic mass is 14.4. The Bertz CT molecular complexity index is 844. The highest BCUT2D eigenvalue weighted by Gasteiger charge is 2.33. The van der Waals surface area contributed by atoms with Crippen molar-refractivity contribution in [3.8, 4) is 0 Å². The molecule has 24 heavy (non-hydrogen) atoms. The zero-order valence-electron chi connectivity index (χ0n) is 15.0. The fraction of sp³-hybridized carbons (Fsp3) is 0.417. The molecule has 0 aromatic heterocycles. The van der Waals surface area contributed by atoms with Gasteiger partial charge in [-0.3, -0.25) is 0 Å². The second-order valence-corrected chi connectivity index (χ2v) is 7.71. The molecular formula is C24H28. The van der Waals surface area contributed by atoms with Crippen LogP contribution in [0.2, 0.25) is 0 Å². The minimum absolute atomic E-state index is 0.614. The first-order chi connectivity index (χ1) is 11.8. The Morgan fingerprint density at radius 3 is 2.04 bits per heavy atom. The van der Waals surface area contributed by atoms with Gasteiger partial charge in [0.05, 0.1) is 0 Å². The van der Waals surface area contributed by atoms with Gasteiger partial charge in [-0.1, -0.05) is 81.3 Å². The van der Waals surface area contributed by atoms with E-state index >= 15 is 0 Å². The van der Waals surface area contributed by atoms with Gasteiger partial charge in [0.25, 0.3) is 0 Å². The van der Waals surface area contributed by atoms with Crippen molar-refractivity contribution in [2.45, 2.75) is 58.3 Å². The SMILES string of the molecule is CCC1(CC)CCC(c2cc3ccccc3c3ccccc23)CC1. The minimum Gasteiger partial charge on any atom is -0.0649 e. The van der Waals surface area contributed by atoms with E-state index < -0.39 is 0 Å². The number of hydrogen-bond acceptors (Lipinski definition) is 0. The third kappa shape index (κ3) is 2.53. The third-order valence-corrected chi connectivity index (χ3v) is 6.79. The quantitative estimate of drug-likeness (QED) is 0.440. The molecule has 0 heterocycles. The fourth-order valence-corrected chi connectivity index (χ4v) is 4.92. The van der Waals surface area contributed by atoms with Crippen LogP contribution in [-0.2, 0) is 0 Å². The van der Waals surface area contributed by atoms with Crippen LogP contribution in [0.25, 0.3) is 21.5 Å². The van der Waals surface area contributed by atoms with E-state index in [4.69, 9.17) is 0 Å². The van der Waals surface area contributed by atoms with Crippen molar-refractivity contribution in [1.29, 1.82) is 0 Å². The maximum atomic E-state index is 2.48. The van der Waals surface area contributed by atoms with Gasteiger partial charge in [0.2, 0.25) is 0 Å². The maximum absolute atomic E-state index is 2.48. The monoisotopic (exact) mass is 316 g/mol. The molecule has 1 saturated carbocycles. The van der Waals surface area contributed by atoms with Gasteiger partial charge < -0.3 is 0 Å². The first-order valence-corrected chi connectivity index (χ1v) is 9.67. The van der Waals surface area contributed by atoms with Gasteiger partial charge in [-0.15, -0.1) is 0 Å². The Morgan fingerprint density at radius 2 is 1.38 bits per heavy atom. The Hall–Kier alpha value is -1.82. The molecule has 0 unspecified atom stereocenters. The van der Waals surface area contributed by atoms with Crippen LogP contribution in [0.4, 0.5) is 0 Å². The van der Waals surface area contributed by atoms with Gasteiger partial charge >= 0.3 is 0 Å². The summed E-state index contributed by atoms with van der Waals surface area (Å²) in [6.45, 7) is 4.77. The van der Waals surface area contributed by atoms with E-state index in [1.807, 2.05) is 0 Å². The van der Waals surface area contributed by atoms with Crippen molar-refractivity contribution in [1.82, 2.24) is 0 Å². The smallest absolute Gasteiger partial charge is 0.0103 e. The summed E-state index contributed by atoms with van der Waals surface area (Å²) in [5.74, 6) is 0.728. The lowest BCUT2D eigenvalue weighted by Gasteiger charge is -2.39. The van der Waals surface area contributed by atoms with E-state index in [0.29, 0.717) is 5.41 Å². The molecule has 4 rings (SSSR count). The Labute approximate surface area is 145 Å². The van der Waals surface area contributed by atoms with Gasteiger partial charge in [0.1, 0.15) is 0 Å². The summed E-state index contributed by atoms with van der Waals surface area (Å²) in [5.41, 5.74) is 2.20. The highest BCUT2D eigenvalue weighted by Crippen LogP contribution is 2.48. The van der Waals surface area contributed by atoms with Crippen LogP contribution in [0, 0.1) is 5.41 Å². The average molecular weight is 316 g/mol. The predicted molar refractivity (Wildman–Crippen MR) is 106 cm³/mol. The Kier molecular flexibility index (Phi) is 4.08. The molecule has 0 nitrogen and oxygen atoms in total. The Balaban J connectivity index is 1.79. The van der Waals surface area contributed by atoms with E-state index in [-0.39, 0.29) is 0 Å². The number of fused-ring (bicyclic) bond motifs is 3. The summed E-state index contributed by atoms with van der Waals surface area (Å²) in [7, 11) is 0. The lowest BCUT2D eigenvalue weighted by atomic mass is 9.66. The lowest BCUT2D eigenvalue weighted by Crippen LogP contribution is -2.25. The molecule has 0 bridgehead atoms. The summed E-state index contributed by atoms with van der Waals surface area (Å²) >= 11 is 0. The molecule has 124 valence electrons. The first-order valence-electron chi connectivity index (χ1n) is 9.67. The molecule has 3 aromatic rings. The van der Waals surface area contributed by atoms with Crippen LogP contribution in [0.3, 0.4) is 0 Å². The molecule has 3 aromatic carbocycles. The third-order valence-electron chi connectivity index (χ3n) is 6.79. The molecule has 0 N–H and O–H groups in total. The normalized spacial score (nSPS) is 18.2. The van der Waals surface area contributed by atoms with Gasteiger partial charge in [0, 0.05) is 0 Å². The van der Waals surface area contributed by atoms with E-state index in [1.165, 1.54) is 60.1 Å². The standard InChI is InChI=1S/C24H28/c1-3-24(4-2)15-13-18(14-16-24)23-17-19-9-5-6-10-20(19)21-11-7-8-12-22(21)23/h5-12,17-18H,3-4,13-16H2,1-2H3. The van der Waals surface area contributed by atoms with Gasteiger partial charge in [-0.2, -0.15) is 0 Å². The van der Waals surface area contributed by atoms with Crippen LogP contribution in [-0.4, -0.2) is 0 Å². The van der Waals surface area contributed by atoms with E-state index in [1.54, 1.807) is 5.56 Å². The summed E-state index contributed by atoms with van der Waals surface area (Å²) in [5, 5.41) is 5.69. The van der Waals surface area contributed by atoms with Crippen molar-refractivity contribution in [2.75, 3.05) is 0 Å². The summed E-state index contributed by atoms with van der Waals surface area (Å²) in [4.78, 5) is 0. The predicted octanol–water partition coefficient (Wildman–Crippen LogP) is 7.46. The van der Waals surface area contributed by atoms with Crippen LogP contribution in [0.15, 0.2) is 54.6 Å². The van der Waals surface area contributed by atoms with Crippen molar-refractivity contribution >= 4 is 21.5 Å². The summed E-state index contributed by atoms with van der Waals surface area (Å²) in [6, 6.07) is 20.4. The number of hydrogen-bond donors (Lipinski definition) is 0. The molecule has 0 amide bonds. The van der Waals surface area contributed by atoms with Crippen molar-refractivity contribution < 1.29 is 0 Å². The highest BCUT2D eigenvalue weighted by molar-refractivity contribution is 6.09. The van der Waals surface area contributed by atoms with Crippen LogP contribution in [0.5, 0.6) is 0 Å². The second-order valence-electron chi connectivity index (χ2n) is 7.71. The van der Waals surface area contributed by atoms with E-state index in [9.17, 15) is 0 Å². The summed E-state index contributed by atoms with van der Waals surface area (Å²) < 4.78 is 0. The number of benzene rings is 3. The minimum atomic E-state index is 0.614. The molecular weight excluding hydrogens is 288 g/mol. The van der Waals surface area contributed by atoms with Crippen molar-refractivity contribution in [3.63, 3.8) is 0 Å². The molecule has 0 heteroatoms. The van der Waals surface area contributed by atoms with Crippen LogP contribution >= 0.6 is 0 Å². The van der Waals surface area contributed by atoms with Gasteiger partial charge in [-0.25, -0.2) is 0 Å². The molecule has 0 aliphatic heterocycles. The maximum Gasteiger partial charge on any atom is -0.0103 e. The molecule has 0 atom stereocenters. The van der Waals surface area contributed by atoms with Crippen molar-refractivity contribution in [2.24, 2.45) is 5.41 Å². The van der Waals surface area contributed by atoms with Crippen LogP contribution in [0.1, 0.15) is 63.9 Å². The zero-order valence-corrected chi connectivity index (χ0v) is 15.0. The van der Waals surface area contributed by atoms with E-state index in [0.717, 1.165) is 5.92 Å². The van der Waals surface area contributed by atoms with Gasteiger partial charge in [-0.05, 0) is 64.1 Å². The first kappa shape index (κ1) is 15.7. The molecule has 0 spiro atoms. The zero-order chi connectivity index (χ0) is 16.6. The number of rotatable bonds is 3. The Morgan fingerprint density at radius 1 is 0.792 bits per heavy atom. The fourth-order valence-electron chi connectivity index (χ4n) is 4.92. The topological polar surface area (TPSA) is 0 Å². The largest absolute Gasteiger partial charge is 0.0649 e. The molecule has 1 fully saturated rings. The van der Waals surface area contributed by atoms with Crippen LogP contribution < -0.4 is 0 Å².